The lowest BCUT2D eigenvalue weighted by atomic mass is 10.2. The van der Waals surface area contributed by atoms with Crippen LogP contribution < -0.4 is 9.75 Å². The van der Waals surface area contributed by atoms with Gasteiger partial charge in [0, 0.05) is 6.54 Å². The van der Waals surface area contributed by atoms with Crippen LogP contribution in [0.25, 0.3) is 0 Å². The molecule has 0 atom stereocenters. The highest BCUT2D eigenvalue weighted by molar-refractivity contribution is 5.98. The second-order valence-electron chi connectivity index (χ2n) is 5.89. The van der Waals surface area contributed by atoms with Gasteiger partial charge in [-0.3, -0.25) is 4.79 Å². The largest absolute Gasteiger partial charge is 0.491 e. The number of likely N-dealkylation sites (N-methyl/N-ethyl adjacent to an activating group) is 1. The molecule has 2 aromatic rings. The third kappa shape index (κ3) is 5.79. The Balaban J connectivity index is 2.37. The summed E-state index contributed by atoms with van der Waals surface area (Å²) in [7, 11) is 3.91. The molecule has 144 valence electrons. The van der Waals surface area contributed by atoms with Crippen molar-refractivity contribution in [3.63, 3.8) is 0 Å². The summed E-state index contributed by atoms with van der Waals surface area (Å²) < 4.78 is 25.5. The van der Waals surface area contributed by atoms with Crippen LogP contribution in [0.1, 0.15) is 12.5 Å². The van der Waals surface area contributed by atoms with E-state index in [0.29, 0.717) is 30.9 Å². The number of rotatable bonds is 9. The minimum Gasteiger partial charge on any atom is -0.491 e. The van der Waals surface area contributed by atoms with E-state index in [4.69, 9.17) is 9.47 Å². The van der Waals surface area contributed by atoms with Gasteiger partial charge in [-0.15, -0.1) is 5.10 Å². The molecule has 1 amide bonds. The number of benzene rings is 2. The molecular formula is C20H24FN3O3. The van der Waals surface area contributed by atoms with Gasteiger partial charge in [0.2, 0.25) is 12.3 Å². The fraction of sp³-hybridized carbons (Fsp3) is 0.300. The molecule has 2 aromatic carbocycles. The van der Waals surface area contributed by atoms with Crippen LogP contribution in [0.5, 0.6) is 5.75 Å². The Morgan fingerprint density at radius 3 is 2.52 bits per heavy atom. The van der Waals surface area contributed by atoms with E-state index in [1.54, 1.807) is 31.2 Å². The summed E-state index contributed by atoms with van der Waals surface area (Å²) in [6, 6.07) is 13.1. The van der Waals surface area contributed by atoms with Crippen molar-refractivity contribution in [2.45, 2.75) is 6.92 Å². The first-order chi connectivity index (χ1) is 13.1. The minimum absolute atomic E-state index is 0.0377. The highest BCUT2D eigenvalue weighted by Gasteiger charge is 2.16. The Kier molecular flexibility index (Phi) is 7.76. The maximum atomic E-state index is 14.0. The van der Waals surface area contributed by atoms with Crippen molar-refractivity contribution >= 4 is 18.0 Å². The number of ether oxygens (including phenoxy) is 2. The number of carbonyl (C=O) groups is 1. The van der Waals surface area contributed by atoms with Gasteiger partial charge in [-0.2, -0.15) is 5.01 Å². The number of para-hydroxylation sites is 2. The third-order valence-corrected chi connectivity index (χ3v) is 3.59. The molecule has 2 rings (SSSR count). The zero-order valence-corrected chi connectivity index (χ0v) is 15.8. The van der Waals surface area contributed by atoms with Gasteiger partial charge in [-0.25, -0.2) is 4.39 Å². The van der Waals surface area contributed by atoms with E-state index in [1.165, 1.54) is 12.1 Å². The SMILES string of the molecule is CCO/C(=N\N(C=O)c1ccccc1F)c1ccccc1OCCN(C)C. The number of hydrogen-bond acceptors (Lipinski definition) is 5. The van der Waals surface area contributed by atoms with Gasteiger partial charge in [0.1, 0.15) is 23.9 Å². The Labute approximate surface area is 158 Å². The fourth-order valence-corrected chi connectivity index (χ4v) is 2.27. The van der Waals surface area contributed by atoms with Crippen LogP contribution >= 0.6 is 0 Å². The van der Waals surface area contributed by atoms with Gasteiger partial charge in [-0.05, 0) is 45.3 Å². The summed E-state index contributed by atoms with van der Waals surface area (Å²) in [5, 5.41) is 5.13. The molecule has 0 N–H and O–H groups in total. The summed E-state index contributed by atoms with van der Waals surface area (Å²) in [5.74, 6) is 0.193. The van der Waals surface area contributed by atoms with Crippen LogP contribution in [0.3, 0.4) is 0 Å². The lowest BCUT2D eigenvalue weighted by molar-refractivity contribution is -0.107. The fourth-order valence-electron chi connectivity index (χ4n) is 2.27. The summed E-state index contributed by atoms with van der Waals surface area (Å²) in [6.45, 7) is 3.35. The first-order valence-electron chi connectivity index (χ1n) is 8.64. The maximum Gasteiger partial charge on any atom is 0.242 e. The van der Waals surface area contributed by atoms with Gasteiger partial charge >= 0.3 is 0 Å². The second kappa shape index (κ2) is 10.3. The lowest BCUT2D eigenvalue weighted by Crippen LogP contribution is -2.22. The smallest absolute Gasteiger partial charge is 0.242 e. The van der Waals surface area contributed by atoms with Crippen molar-refractivity contribution in [1.82, 2.24) is 4.90 Å². The molecule has 0 aliphatic rings. The molecular weight excluding hydrogens is 349 g/mol. The highest BCUT2D eigenvalue weighted by Crippen LogP contribution is 2.22. The molecule has 0 aliphatic carbocycles. The molecule has 0 fully saturated rings. The van der Waals surface area contributed by atoms with Crippen molar-refractivity contribution < 1.29 is 18.7 Å². The van der Waals surface area contributed by atoms with E-state index in [0.717, 1.165) is 11.6 Å². The second-order valence-corrected chi connectivity index (χ2v) is 5.89. The summed E-state index contributed by atoms with van der Waals surface area (Å²) in [4.78, 5) is 13.5. The van der Waals surface area contributed by atoms with E-state index >= 15 is 0 Å². The predicted octanol–water partition coefficient (Wildman–Crippen LogP) is 3.13. The third-order valence-electron chi connectivity index (χ3n) is 3.59. The molecule has 0 bridgehead atoms. The first kappa shape index (κ1) is 20.4. The molecule has 0 aromatic heterocycles. The quantitative estimate of drug-likeness (QED) is 0.293. The zero-order valence-electron chi connectivity index (χ0n) is 15.8. The maximum absolute atomic E-state index is 14.0. The molecule has 0 saturated carbocycles. The number of nitrogens with zero attached hydrogens (tertiary/aromatic N) is 3. The number of hydrogen-bond donors (Lipinski definition) is 0. The number of halogens is 1. The Bertz CT molecular complexity index is 781. The topological polar surface area (TPSA) is 54.4 Å². The average molecular weight is 373 g/mol. The van der Waals surface area contributed by atoms with E-state index in [9.17, 15) is 9.18 Å². The normalized spacial score (nSPS) is 11.4. The highest BCUT2D eigenvalue weighted by atomic mass is 19.1. The number of anilines is 1. The molecule has 7 heteroatoms. The summed E-state index contributed by atoms with van der Waals surface area (Å²) >= 11 is 0. The standard InChI is InChI=1S/C20H24FN3O3/c1-4-26-20(22-24(15-25)18-11-7-6-10-17(18)21)16-9-5-8-12-19(16)27-14-13-23(2)3/h5-12,15H,4,13-14H2,1-3H3/b22-20-. The summed E-state index contributed by atoms with van der Waals surface area (Å²) in [5.41, 5.74) is 0.622. The minimum atomic E-state index is -0.556. The van der Waals surface area contributed by atoms with Crippen molar-refractivity contribution in [3.05, 3.63) is 59.9 Å². The number of amides is 1. The number of hydrazone groups is 1. The Hall–Kier alpha value is -2.93. The number of carbonyl (C=O) groups excluding carboxylic acids is 1. The van der Waals surface area contributed by atoms with E-state index in [2.05, 4.69) is 5.10 Å². The molecule has 0 unspecified atom stereocenters. The molecule has 0 aliphatic heterocycles. The summed E-state index contributed by atoms with van der Waals surface area (Å²) in [6.07, 6.45) is 0.437. The zero-order chi connectivity index (χ0) is 19.6. The molecule has 0 saturated heterocycles. The Morgan fingerprint density at radius 1 is 1.15 bits per heavy atom. The molecule has 0 heterocycles. The lowest BCUT2D eigenvalue weighted by Gasteiger charge is -2.18. The van der Waals surface area contributed by atoms with Crippen molar-refractivity contribution in [2.75, 3.05) is 38.9 Å². The predicted molar refractivity (Wildman–Crippen MR) is 104 cm³/mol. The van der Waals surface area contributed by atoms with Gasteiger partial charge in [0.25, 0.3) is 0 Å². The van der Waals surface area contributed by atoms with E-state index in [1.807, 2.05) is 31.1 Å². The van der Waals surface area contributed by atoms with Crippen molar-refractivity contribution in [2.24, 2.45) is 5.10 Å². The molecule has 27 heavy (non-hydrogen) atoms. The van der Waals surface area contributed by atoms with Gasteiger partial charge < -0.3 is 14.4 Å². The van der Waals surface area contributed by atoms with Crippen LogP contribution in [0.2, 0.25) is 0 Å². The van der Waals surface area contributed by atoms with Crippen molar-refractivity contribution in [1.29, 1.82) is 0 Å². The average Bonchev–Trinajstić information content (AvgIpc) is 2.66. The van der Waals surface area contributed by atoms with Gasteiger partial charge in [0.15, 0.2) is 0 Å². The van der Waals surface area contributed by atoms with Gasteiger partial charge in [0.05, 0.1) is 12.2 Å². The molecule has 0 radical (unpaired) electrons. The first-order valence-corrected chi connectivity index (χ1v) is 8.64. The molecule has 6 nitrogen and oxygen atoms in total. The van der Waals surface area contributed by atoms with E-state index < -0.39 is 5.82 Å². The van der Waals surface area contributed by atoms with Crippen LogP contribution in [-0.4, -0.2) is 51.1 Å². The monoisotopic (exact) mass is 373 g/mol. The molecule has 0 spiro atoms. The van der Waals surface area contributed by atoms with Gasteiger partial charge in [-0.1, -0.05) is 24.3 Å². The van der Waals surface area contributed by atoms with Crippen LogP contribution in [0, 0.1) is 5.82 Å². The van der Waals surface area contributed by atoms with Crippen LogP contribution in [-0.2, 0) is 9.53 Å². The van der Waals surface area contributed by atoms with Crippen LogP contribution in [0.15, 0.2) is 53.6 Å². The van der Waals surface area contributed by atoms with E-state index in [-0.39, 0.29) is 11.6 Å². The Morgan fingerprint density at radius 2 is 1.85 bits per heavy atom. The van der Waals surface area contributed by atoms with Crippen molar-refractivity contribution in [3.8, 4) is 5.75 Å². The van der Waals surface area contributed by atoms with Crippen LogP contribution in [0.4, 0.5) is 10.1 Å².